The first-order chi connectivity index (χ1) is 8.69. The van der Waals surface area contributed by atoms with Crippen molar-refractivity contribution >= 4 is 5.91 Å². The van der Waals surface area contributed by atoms with Crippen molar-refractivity contribution in [1.29, 1.82) is 0 Å². The monoisotopic (exact) mass is 244 g/mol. The highest BCUT2D eigenvalue weighted by Gasteiger charge is 2.07. The van der Waals surface area contributed by atoms with E-state index in [1.165, 1.54) is 7.11 Å². The maximum Gasteiger partial charge on any atom is 0.250 e. The number of benzene rings is 1. The minimum atomic E-state index is -0.562. The second-order valence-electron chi connectivity index (χ2n) is 3.28. The Morgan fingerprint density at radius 1 is 1.61 bits per heavy atom. The normalized spacial score (nSPS) is 8.72. The van der Waals surface area contributed by atoms with Gasteiger partial charge in [0.15, 0.2) is 0 Å². The van der Waals surface area contributed by atoms with E-state index < -0.39 is 5.91 Å². The Balaban J connectivity index is 2.94. The van der Waals surface area contributed by atoms with Gasteiger partial charge in [-0.2, -0.15) is 0 Å². The summed E-state index contributed by atoms with van der Waals surface area (Å²) in [5, 5.41) is 3.35. The number of hydrogen-bond acceptors (Lipinski definition) is 3. The Bertz CT molecular complexity index is 551. The van der Waals surface area contributed by atoms with E-state index in [0.29, 0.717) is 29.8 Å². The van der Waals surface area contributed by atoms with Gasteiger partial charge in [0.2, 0.25) is 5.91 Å². The van der Waals surface area contributed by atoms with Crippen LogP contribution in [0.4, 0.5) is 0 Å². The van der Waals surface area contributed by atoms with E-state index in [1.54, 1.807) is 18.2 Å². The highest BCUT2D eigenvalue weighted by atomic mass is 16.5. The Morgan fingerprint density at radius 2 is 2.39 bits per heavy atom. The van der Waals surface area contributed by atoms with E-state index in [2.05, 4.69) is 21.9 Å². The molecule has 0 fully saturated rings. The molecule has 0 heterocycles. The van der Waals surface area contributed by atoms with Crippen molar-refractivity contribution in [2.75, 3.05) is 13.7 Å². The average Bonchev–Trinajstić information content (AvgIpc) is 2.38. The van der Waals surface area contributed by atoms with Gasteiger partial charge in [-0.1, -0.05) is 17.0 Å². The van der Waals surface area contributed by atoms with Crippen LogP contribution >= 0.6 is 0 Å². The zero-order valence-corrected chi connectivity index (χ0v) is 9.88. The standard InChI is InChI=1S/C12H12N4O2/c1-18-10-6-5-9(11(8-10)12(13)17)4-2-3-7-15-16-14/h5-6,8H,3,7H2,1H3,(H2,13,17). The van der Waals surface area contributed by atoms with Gasteiger partial charge in [-0.25, -0.2) is 0 Å². The average molecular weight is 244 g/mol. The van der Waals surface area contributed by atoms with Gasteiger partial charge in [0, 0.05) is 23.4 Å². The molecule has 0 bridgehead atoms. The van der Waals surface area contributed by atoms with Gasteiger partial charge < -0.3 is 10.5 Å². The Morgan fingerprint density at radius 3 is 3.00 bits per heavy atom. The third-order valence-electron chi connectivity index (χ3n) is 2.12. The number of carbonyl (C=O) groups excluding carboxylic acids is 1. The van der Waals surface area contributed by atoms with Crippen molar-refractivity contribution in [3.8, 4) is 17.6 Å². The largest absolute Gasteiger partial charge is 0.497 e. The fraction of sp³-hybridized carbons (Fsp3) is 0.250. The van der Waals surface area contributed by atoms with Crippen LogP contribution in [0, 0.1) is 11.8 Å². The fourth-order valence-electron chi connectivity index (χ4n) is 1.27. The predicted molar refractivity (Wildman–Crippen MR) is 67.0 cm³/mol. The van der Waals surface area contributed by atoms with E-state index in [0.717, 1.165) is 0 Å². The third kappa shape index (κ3) is 3.74. The summed E-state index contributed by atoms with van der Waals surface area (Å²) in [6.07, 6.45) is 0.425. The van der Waals surface area contributed by atoms with Gasteiger partial charge >= 0.3 is 0 Å². The lowest BCUT2D eigenvalue weighted by atomic mass is 10.1. The topological polar surface area (TPSA) is 101 Å². The summed E-state index contributed by atoms with van der Waals surface area (Å²) >= 11 is 0. The third-order valence-corrected chi connectivity index (χ3v) is 2.12. The summed E-state index contributed by atoms with van der Waals surface area (Å²) in [5.41, 5.74) is 14.2. The molecule has 0 saturated heterocycles. The van der Waals surface area contributed by atoms with Crippen LogP contribution in [-0.2, 0) is 0 Å². The molecule has 0 spiro atoms. The fourth-order valence-corrected chi connectivity index (χ4v) is 1.27. The van der Waals surface area contributed by atoms with Crippen LogP contribution in [0.25, 0.3) is 10.4 Å². The molecule has 0 aliphatic carbocycles. The minimum Gasteiger partial charge on any atom is -0.497 e. The molecule has 1 amide bonds. The first kappa shape index (κ1) is 13.4. The van der Waals surface area contributed by atoms with Crippen molar-refractivity contribution < 1.29 is 9.53 Å². The first-order valence-corrected chi connectivity index (χ1v) is 5.16. The van der Waals surface area contributed by atoms with Crippen LogP contribution in [0.15, 0.2) is 23.3 Å². The smallest absolute Gasteiger partial charge is 0.250 e. The van der Waals surface area contributed by atoms with Gasteiger partial charge in [-0.3, -0.25) is 4.79 Å². The number of nitrogens with zero attached hydrogens (tertiary/aromatic N) is 3. The van der Waals surface area contributed by atoms with Gasteiger partial charge in [-0.15, -0.1) is 0 Å². The van der Waals surface area contributed by atoms with Crippen LogP contribution in [0.5, 0.6) is 5.75 Å². The number of methoxy groups -OCH3 is 1. The van der Waals surface area contributed by atoms with Crippen molar-refractivity contribution in [2.45, 2.75) is 6.42 Å². The maximum absolute atomic E-state index is 11.3. The number of primary amides is 1. The van der Waals surface area contributed by atoms with E-state index in [-0.39, 0.29) is 0 Å². The maximum atomic E-state index is 11.3. The number of hydrogen-bond donors (Lipinski definition) is 1. The quantitative estimate of drug-likeness (QED) is 0.287. The molecule has 0 aliphatic rings. The lowest BCUT2D eigenvalue weighted by molar-refractivity contribution is 0.0999. The SMILES string of the molecule is COc1ccc(C#CCCN=[N+]=[N-])c(C(N)=O)c1. The molecule has 18 heavy (non-hydrogen) atoms. The minimum absolute atomic E-state index is 0.297. The molecule has 1 aromatic carbocycles. The van der Waals surface area contributed by atoms with Crippen LogP contribution in [-0.4, -0.2) is 19.6 Å². The van der Waals surface area contributed by atoms with Crippen molar-refractivity contribution in [3.63, 3.8) is 0 Å². The van der Waals surface area contributed by atoms with E-state index >= 15 is 0 Å². The van der Waals surface area contributed by atoms with Gasteiger partial charge in [0.25, 0.3) is 0 Å². The summed E-state index contributed by atoms with van der Waals surface area (Å²) < 4.78 is 5.01. The summed E-state index contributed by atoms with van der Waals surface area (Å²) in [6, 6.07) is 4.91. The number of carbonyl (C=O) groups is 1. The van der Waals surface area contributed by atoms with Crippen LogP contribution < -0.4 is 10.5 Å². The molecule has 2 N–H and O–H groups in total. The molecule has 0 atom stereocenters. The molecular formula is C12H12N4O2. The molecule has 0 aromatic heterocycles. The zero-order chi connectivity index (χ0) is 13.4. The number of ether oxygens (including phenoxy) is 1. The van der Waals surface area contributed by atoms with Crippen LogP contribution in [0.2, 0.25) is 0 Å². The van der Waals surface area contributed by atoms with Crippen molar-refractivity contribution in [1.82, 2.24) is 0 Å². The summed E-state index contributed by atoms with van der Waals surface area (Å²) in [4.78, 5) is 13.9. The number of amides is 1. The van der Waals surface area contributed by atoms with Crippen molar-refractivity contribution in [2.24, 2.45) is 10.8 Å². The van der Waals surface area contributed by atoms with Crippen molar-refractivity contribution in [3.05, 3.63) is 39.8 Å². The zero-order valence-electron chi connectivity index (χ0n) is 9.88. The second kappa shape index (κ2) is 6.84. The molecule has 6 heteroatoms. The van der Waals surface area contributed by atoms with Gasteiger partial charge in [0.05, 0.1) is 12.7 Å². The Hall–Kier alpha value is -2.64. The number of azide groups is 1. The first-order valence-electron chi connectivity index (χ1n) is 5.16. The number of nitrogens with two attached hydrogens (primary N) is 1. The molecule has 0 saturated carbocycles. The highest BCUT2D eigenvalue weighted by molar-refractivity contribution is 5.95. The summed E-state index contributed by atoms with van der Waals surface area (Å²) in [7, 11) is 1.51. The molecule has 1 rings (SSSR count). The van der Waals surface area contributed by atoms with E-state index in [9.17, 15) is 4.79 Å². The molecular weight excluding hydrogens is 232 g/mol. The van der Waals surface area contributed by atoms with Gasteiger partial charge in [-0.05, 0) is 23.7 Å². The Kier molecular flexibility index (Phi) is 5.10. The Labute approximate surface area is 104 Å². The highest BCUT2D eigenvalue weighted by Crippen LogP contribution is 2.16. The number of rotatable bonds is 4. The van der Waals surface area contributed by atoms with Crippen LogP contribution in [0.3, 0.4) is 0 Å². The molecule has 0 radical (unpaired) electrons. The summed E-state index contributed by atoms with van der Waals surface area (Å²) in [5.74, 6) is 5.60. The molecule has 1 aromatic rings. The molecule has 0 aliphatic heterocycles. The molecule has 0 unspecified atom stereocenters. The second-order valence-corrected chi connectivity index (χ2v) is 3.28. The summed E-state index contributed by atoms with van der Waals surface area (Å²) in [6.45, 7) is 0.297. The van der Waals surface area contributed by atoms with E-state index in [4.69, 9.17) is 16.0 Å². The van der Waals surface area contributed by atoms with Gasteiger partial charge in [0.1, 0.15) is 5.75 Å². The predicted octanol–water partition coefficient (Wildman–Crippen LogP) is 1.85. The molecule has 6 nitrogen and oxygen atoms in total. The molecule has 92 valence electrons. The lowest BCUT2D eigenvalue weighted by Crippen LogP contribution is -2.13. The lowest BCUT2D eigenvalue weighted by Gasteiger charge is -2.03. The van der Waals surface area contributed by atoms with Crippen LogP contribution in [0.1, 0.15) is 22.3 Å². The van der Waals surface area contributed by atoms with E-state index in [1.807, 2.05) is 0 Å².